The van der Waals surface area contributed by atoms with E-state index in [0.717, 1.165) is 24.1 Å². The summed E-state index contributed by atoms with van der Waals surface area (Å²) < 4.78 is 24.1. The van der Waals surface area contributed by atoms with Crippen LogP contribution >= 0.6 is 11.3 Å². The molecule has 5 nitrogen and oxygen atoms in total. The Bertz CT molecular complexity index is 664. The average Bonchev–Trinajstić information content (AvgIpc) is 2.80. The van der Waals surface area contributed by atoms with Gasteiger partial charge in [0.05, 0.1) is 11.0 Å². The first kappa shape index (κ1) is 13.7. The molecule has 2 unspecified atom stereocenters. The Morgan fingerprint density at radius 3 is 2.81 bits per heavy atom. The van der Waals surface area contributed by atoms with Gasteiger partial charge in [0.1, 0.15) is 11.7 Å². The Labute approximate surface area is 128 Å². The Balaban J connectivity index is 1.63. The molecule has 1 aromatic rings. The van der Waals surface area contributed by atoms with E-state index in [2.05, 4.69) is 5.32 Å². The van der Waals surface area contributed by atoms with Crippen molar-refractivity contribution in [3.63, 3.8) is 0 Å². The van der Waals surface area contributed by atoms with Gasteiger partial charge in [-0.05, 0) is 37.1 Å². The summed E-state index contributed by atoms with van der Waals surface area (Å²) in [4.78, 5) is 15.5. The summed E-state index contributed by atoms with van der Waals surface area (Å²) in [6, 6.07) is 3.97. The molecular weight excluding hydrogens is 308 g/mol. The quantitative estimate of drug-likeness (QED) is 0.909. The number of amides is 1. The fraction of sp³-hybridized carbons (Fsp3) is 0.643. The third-order valence-electron chi connectivity index (χ3n) is 4.82. The monoisotopic (exact) mass is 326 g/mol. The van der Waals surface area contributed by atoms with Crippen LogP contribution in [0.2, 0.25) is 0 Å². The topological polar surface area (TPSA) is 66.5 Å². The maximum atomic E-state index is 12.7. The summed E-state index contributed by atoms with van der Waals surface area (Å²) in [5.41, 5.74) is -0.406. The zero-order valence-corrected chi connectivity index (χ0v) is 13.3. The Kier molecular flexibility index (Phi) is 2.96. The largest absolute Gasteiger partial charge is 0.319 e. The molecule has 1 amide bonds. The number of sulfone groups is 1. The summed E-state index contributed by atoms with van der Waals surface area (Å²) in [6.07, 6.45) is 2.97. The lowest BCUT2D eigenvalue weighted by atomic mass is 10.2. The number of nitrogens with one attached hydrogen (secondary N) is 1. The highest BCUT2D eigenvalue weighted by Crippen LogP contribution is 2.47. The van der Waals surface area contributed by atoms with E-state index < -0.39 is 15.4 Å². The summed E-state index contributed by atoms with van der Waals surface area (Å²) in [7, 11) is -3.03. The van der Waals surface area contributed by atoms with Gasteiger partial charge in [0.2, 0.25) is 5.91 Å². The SMILES string of the molecule is O=C1N(CC2CCCS2(=O)=O)C(c2cccs2)NC12CC2. The number of carbonyl (C=O) groups is 1. The van der Waals surface area contributed by atoms with Gasteiger partial charge >= 0.3 is 0 Å². The Morgan fingerprint density at radius 2 is 2.24 bits per heavy atom. The third kappa shape index (κ3) is 2.13. The first-order valence-electron chi connectivity index (χ1n) is 7.36. The maximum absolute atomic E-state index is 12.7. The van der Waals surface area contributed by atoms with Crippen molar-refractivity contribution in [2.45, 2.75) is 42.6 Å². The zero-order valence-electron chi connectivity index (χ0n) is 11.6. The second-order valence-corrected chi connectivity index (χ2v) is 9.61. The van der Waals surface area contributed by atoms with Crippen LogP contribution in [0, 0.1) is 0 Å². The molecule has 3 fully saturated rings. The fourth-order valence-corrected chi connectivity index (χ4v) is 6.02. The highest BCUT2D eigenvalue weighted by atomic mass is 32.2. The molecule has 1 saturated carbocycles. The van der Waals surface area contributed by atoms with Crippen molar-refractivity contribution >= 4 is 27.1 Å². The summed E-state index contributed by atoms with van der Waals surface area (Å²) in [5, 5.41) is 5.04. The minimum absolute atomic E-state index is 0.0861. The minimum Gasteiger partial charge on any atom is -0.319 e. The van der Waals surface area contributed by atoms with Gasteiger partial charge in [-0.15, -0.1) is 11.3 Å². The van der Waals surface area contributed by atoms with Crippen molar-refractivity contribution in [3.05, 3.63) is 22.4 Å². The van der Waals surface area contributed by atoms with E-state index in [1.165, 1.54) is 0 Å². The van der Waals surface area contributed by atoms with Crippen LogP contribution in [0.25, 0.3) is 0 Å². The van der Waals surface area contributed by atoms with Crippen molar-refractivity contribution in [2.75, 3.05) is 12.3 Å². The molecule has 4 rings (SSSR count). The van der Waals surface area contributed by atoms with Gasteiger partial charge in [0, 0.05) is 11.4 Å². The summed E-state index contributed by atoms with van der Waals surface area (Å²) in [6.45, 7) is 0.332. The molecule has 21 heavy (non-hydrogen) atoms. The van der Waals surface area contributed by atoms with Crippen LogP contribution in [0.15, 0.2) is 17.5 Å². The van der Waals surface area contributed by atoms with Gasteiger partial charge in [-0.3, -0.25) is 10.1 Å². The van der Waals surface area contributed by atoms with Crippen molar-refractivity contribution < 1.29 is 13.2 Å². The number of rotatable bonds is 3. The zero-order chi connectivity index (χ0) is 14.7. The molecule has 2 aliphatic heterocycles. The molecule has 3 heterocycles. The first-order valence-corrected chi connectivity index (χ1v) is 9.95. The number of carbonyl (C=O) groups excluding carboxylic acids is 1. The molecule has 2 atom stereocenters. The Morgan fingerprint density at radius 1 is 1.43 bits per heavy atom. The van der Waals surface area contributed by atoms with Crippen LogP contribution in [-0.4, -0.2) is 42.3 Å². The molecule has 7 heteroatoms. The van der Waals surface area contributed by atoms with Crippen molar-refractivity contribution in [1.82, 2.24) is 10.2 Å². The lowest BCUT2D eigenvalue weighted by Gasteiger charge is -2.25. The van der Waals surface area contributed by atoms with E-state index in [0.29, 0.717) is 13.0 Å². The lowest BCUT2D eigenvalue weighted by molar-refractivity contribution is -0.130. The molecule has 3 aliphatic rings. The van der Waals surface area contributed by atoms with Crippen LogP contribution in [0.5, 0.6) is 0 Å². The molecule has 0 radical (unpaired) electrons. The van der Waals surface area contributed by atoms with Gasteiger partial charge in [-0.25, -0.2) is 8.42 Å². The minimum atomic E-state index is -3.03. The third-order valence-corrected chi connectivity index (χ3v) is 8.00. The Hall–Kier alpha value is -0.920. The molecule has 1 aromatic heterocycles. The standard InChI is InChI=1S/C14H18N2O3S2/c17-13-14(5-6-14)15-12(11-4-1-7-20-11)16(13)9-10-3-2-8-21(10,18)19/h1,4,7,10,12,15H,2-3,5-6,8-9H2. The molecule has 1 aliphatic carbocycles. The second kappa shape index (κ2) is 4.54. The maximum Gasteiger partial charge on any atom is 0.244 e. The predicted octanol–water partition coefficient (Wildman–Crippen LogP) is 1.29. The molecule has 0 aromatic carbocycles. The van der Waals surface area contributed by atoms with Gasteiger partial charge in [0.15, 0.2) is 9.84 Å². The van der Waals surface area contributed by atoms with Gasteiger partial charge in [-0.2, -0.15) is 0 Å². The summed E-state index contributed by atoms with van der Waals surface area (Å²) >= 11 is 1.61. The van der Waals surface area contributed by atoms with E-state index in [9.17, 15) is 13.2 Å². The molecule has 1 spiro atoms. The van der Waals surface area contributed by atoms with Crippen molar-refractivity contribution in [2.24, 2.45) is 0 Å². The average molecular weight is 326 g/mol. The molecule has 0 bridgehead atoms. The highest BCUT2D eigenvalue weighted by molar-refractivity contribution is 7.92. The molecule has 114 valence electrons. The van der Waals surface area contributed by atoms with E-state index in [4.69, 9.17) is 0 Å². The number of hydrogen-bond donors (Lipinski definition) is 1. The van der Waals surface area contributed by atoms with E-state index in [1.807, 2.05) is 17.5 Å². The van der Waals surface area contributed by atoms with E-state index in [1.54, 1.807) is 16.2 Å². The van der Waals surface area contributed by atoms with Gasteiger partial charge < -0.3 is 4.90 Å². The fourth-order valence-electron chi connectivity index (χ4n) is 3.42. The normalized spacial score (nSPS) is 33.0. The van der Waals surface area contributed by atoms with Crippen LogP contribution in [-0.2, 0) is 14.6 Å². The van der Waals surface area contributed by atoms with Crippen molar-refractivity contribution in [3.8, 4) is 0 Å². The number of hydrogen-bond acceptors (Lipinski definition) is 5. The second-order valence-electron chi connectivity index (χ2n) is 6.23. The lowest BCUT2D eigenvalue weighted by Crippen LogP contribution is -2.39. The predicted molar refractivity (Wildman–Crippen MR) is 80.7 cm³/mol. The van der Waals surface area contributed by atoms with E-state index in [-0.39, 0.29) is 23.1 Å². The highest BCUT2D eigenvalue weighted by Gasteiger charge is 2.60. The number of nitrogens with zero attached hydrogens (tertiary/aromatic N) is 1. The van der Waals surface area contributed by atoms with Crippen LogP contribution in [0.3, 0.4) is 0 Å². The van der Waals surface area contributed by atoms with Crippen LogP contribution in [0.4, 0.5) is 0 Å². The molecule has 2 saturated heterocycles. The smallest absolute Gasteiger partial charge is 0.244 e. The summed E-state index contributed by atoms with van der Waals surface area (Å²) in [5.74, 6) is 0.352. The number of thiophene rings is 1. The molecule has 1 N–H and O–H groups in total. The molecular formula is C14H18N2O3S2. The van der Waals surface area contributed by atoms with Gasteiger partial charge in [-0.1, -0.05) is 6.07 Å². The first-order chi connectivity index (χ1) is 10.0. The van der Waals surface area contributed by atoms with E-state index >= 15 is 0 Å². The van der Waals surface area contributed by atoms with Crippen LogP contribution < -0.4 is 5.32 Å². The van der Waals surface area contributed by atoms with Crippen molar-refractivity contribution in [1.29, 1.82) is 0 Å². The van der Waals surface area contributed by atoms with Crippen LogP contribution in [0.1, 0.15) is 36.7 Å². The van der Waals surface area contributed by atoms with Gasteiger partial charge in [0.25, 0.3) is 0 Å².